The van der Waals surface area contributed by atoms with Gasteiger partial charge in [-0.2, -0.15) is 13.2 Å². The molecule has 1 aliphatic heterocycles. The number of hydrogen-bond acceptors (Lipinski definition) is 5. The summed E-state index contributed by atoms with van der Waals surface area (Å²) in [6.45, 7) is 1.07. The number of piperidine rings is 1. The van der Waals surface area contributed by atoms with Crippen molar-refractivity contribution < 1.29 is 31.8 Å². The minimum Gasteiger partial charge on any atom is -0.474 e. The Hall–Kier alpha value is -3.43. The van der Waals surface area contributed by atoms with Gasteiger partial charge in [-0.1, -0.05) is 24.3 Å². The minimum atomic E-state index is -4.48. The predicted octanol–water partition coefficient (Wildman–Crippen LogP) is 5.07. The number of ether oxygens (including phenoxy) is 2. The van der Waals surface area contributed by atoms with Crippen molar-refractivity contribution in [3.05, 3.63) is 59.9 Å². The van der Waals surface area contributed by atoms with E-state index in [2.05, 4.69) is 9.97 Å². The number of benzene rings is 1. The second-order valence-corrected chi connectivity index (χ2v) is 9.75. The Morgan fingerprint density at radius 3 is 2.67 bits per heavy atom. The third-order valence-electron chi connectivity index (χ3n) is 7.89. The number of hydrogen-bond donors (Lipinski definition) is 0. The highest BCUT2D eigenvalue weighted by atomic mass is 19.4. The summed E-state index contributed by atoms with van der Waals surface area (Å²) in [5, 5.41) is 1.42. The molecule has 2 saturated carbocycles. The first kappa shape index (κ1) is 23.0. The number of amides is 1. The number of rotatable bonds is 6. The first-order valence-corrected chi connectivity index (χ1v) is 11.8. The van der Waals surface area contributed by atoms with E-state index < -0.39 is 24.5 Å². The van der Waals surface area contributed by atoms with Crippen LogP contribution in [-0.4, -0.2) is 52.2 Å². The van der Waals surface area contributed by atoms with Gasteiger partial charge in [-0.15, -0.1) is 0 Å². The van der Waals surface area contributed by atoms with E-state index in [1.54, 1.807) is 11.1 Å². The summed E-state index contributed by atoms with van der Waals surface area (Å²) >= 11 is 0. The zero-order valence-electron chi connectivity index (χ0n) is 19.3. The molecular weight excluding hydrogens is 478 g/mol. The molecule has 10 heteroatoms. The number of fused-ring (bicyclic) bond motifs is 1. The van der Waals surface area contributed by atoms with Gasteiger partial charge in [0.25, 0.3) is 5.91 Å². The summed E-state index contributed by atoms with van der Waals surface area (Å²) in [6.07, 6.45) is -0.852. The van der Waals surface area contributed by atoms with Gasteiger partial charge in [0.15, 0.2) is 0 Å². The Kier molecular flexibility index (Phi) is 5.14. The standard InChI is InChI=1S/C26H23F4N3O3/c1-14-18-10-25(18)11-19(36-20-7-6-16(13-31-20)26(28,29)30)22(25)33(14)24(34)21-17-5-3-2-4-15(17)12-32-23(21)35-9-8-27/h2-7,12-14,18-19,22H,8-11H2,1H3. The number of halogens is 4. The Morgan fingerprint density at radius 1 is 1.14 bits per heavy atom. The van der Waals surface area contributed by atoms with E-state index in [1.165, 1.54) is 6.07 Å². The zero-order valence-corrected chi connectivity index (χ0v) is 19.3. The third-order valence-corrected chi connectivity index (χ3v) is 7.89. The SMILES string of the molecule is CC1C2CC23CC(Oc2ccc(C(F)(F)F)cn2)C3N1C(=O)c1c(OCCF)ncc2ccccc12. The van der Waals surface area contributed by atoms with E-state index >= 15 is 0 Å². The van der Waals surface area contributed by atoms with Crippen LogP contribution in [0.2, 0.25) is 0 Å². The molecule has 6 rings (SSSR count). The van der Waals surface area contributed by atoms with E-state index in [1.807, 2.05) is 31.2 Å². The Morgan fingerprint density at radius 2 is 1.94 bits per heavy atom. The molecule has 3 aliphatic rings. The molecule has 5 atom stereocenters. The summed E-state index contributed by atoms with van der Waals surface area (Å²) in [6, 6.07) is 9.15. The average molecular weight is 501 g/mol. The van der Waals surface area contributed by atoms with Crippen LogP contribution in [0.5, 0.6) is 11.8 Å². The highest BCUT2D eigenvalue weighted by Gasteiger charge is 2.78. The highest BCUT2D eigenvalue weighted by Crippen LogP contribution is 2.74. The van der Waals surface area contributed by atoms with Gasteiger partial charge in [0, 0.05) is 40.7 Å². The van der Waals surface area contributed by atoms with Crippen molar-refractivity contribution in [3.8, 4) is 11.8 Å². The molecule has 0 radical (unpaired) electrons. The zero-order chi connectivity index (χ0) is 25.2. The maximum atomic E-state index is 14.1. The fourth-order valence-electron chi connectivity index (χ4n) is 6.21. The molecule has 3 fully saturated rings. The highest BCUT2D eigenvalue weighted by molar-refractivity contribution is 6.09. The molecule has 3 aromatic rings. The molecule has 188 valence electrons. The Balaban J connectivity index is 1.32. The maximum Gasteiger partial charge on any atom is 0.417 e. The molecule has 5 unspecified atom stereocenters. The molecule has 2 aliphatic carbocycles. The molecule has 1 saturated heterocycles. The van der Waals surface area contributed by atoms with E-state index in [0.29, 0.717) is 17.7 Å². The van der Waals surface area contributed by atoms with E-state index in [-0.39, 0.29) is 47.3 Å². The van der Waals surface area contributed by atoms with Gasteiger partial charge >= 0.3 is 6.18 Å². The number of carbonyl (C=O) groups is 1. The van der Waals surface area contributed by atoms with Crippen molar-refractivity contribution >= 4 is 16.7 Å². The van der Waals surface area contributed by atoms with Crippen molar-refractivity contribution in [2.24, 2.45) is 11.3 Å². The van der Waals surface area contributed by atoms with Crippen LogP contribution in [0.25, 0.3) is 10.8 Å². The lowest BCUT2D eigenvalue weighted by Gasteiger charge is -2.47. The second-order valence-electron chi connectivity index (χ2n) is 9.75. The molecule has 3 heterocycles. The molecule has 6 nitrogen and oxygen atoms in total. The Labute approximate surface area is 204 Å². The lowest BCUT2D eigenvalue weighted by atomic mass is 9.73. The number of aromatic nitrogens is 2. The lowest BCUT2D eigenvalue weighted by molar-refractivity contribution is -0.137. The first-order valence-electron chi connectivity index (χ1n) is 11.8. The molecule has 36 heavy (non-hydrogen) atoms. The van der Waals surface area contributed by atoms with Crippen LogP contribution in [0.1, 0.15) is 35.7 Å². The van der Waals surface area contributed by atoms with Gasteiger partial charge in [-0.05, 0) is 31.7 Å². The van der Waals surface area contributed by atoms with Crippen LogP contribution >= 0.6 is 0 Å². The monoisotopic (exact) mass is 501 g/mol. The minimum absolute atomic E-state index is 0.0520. The number of alkyl halides is 4. The normalized spacial score (nSPS) is 28.3. The van der Waals surface area contributed by atoms with E-state index in [9.17, 15) is 22.4 Å². The van der Waals surface area contributed by atoms with Crippen molar-refractivity contribution in [2.45, 2.75) is 44.1 Å². The molecule has 0 N–H and O–H groups in total. The average Bonchev–Trinajstić information content (AvgIpc) is 3.57. The first-order chi connectivity index (χ1) is 17.2. The number of likely N-dealkylation sites (tertiary alicyclic amines) is 1. The van der Waals surface area contributed by atoms with Gasteiger partial charge in [-0.3, -0.25) is 4.79 Å². The molecule has 1 amide bonds. The van der Waals surface area contributed by atoms with Crippen LogP contribution in [-0.2, 0) is 6.18 Å². The number of carbonyl (C=O) groups excluding carboxylic acids is 1. The summed E-state index contributed by atoms with van der Waals surface area (Å²) in [5.41, 5.74) is -0.621. The fraction of sp³-hybridized carbons (Fsp3) is 0.423. The second kappa shape index (κ2) is 8.04. The molecule has 2 aromatic heterocycles. The molecule has 1 spiro atoms. The summed E-state index contributed by atoms with van der Waals surface area (Å²) < 4.78 is 63.1. The summed E-state index contributed by atoms with van der Waals surface area (Å²) in [5.74, 6) is 0.223. The van der Waals surface area contributed by atoms with Gasteiger partial charge in [0.2, 0.25) is 11.8 Å². The summed E-state index contributed by atoms with van der Waals surface area (Å²) in [4.78, 5) is 24.0. The van der Waals surface area contributed by atoms with Gasteiger partial charge in [-0.25, -0.2) is 14.4 Å². The van der Waals surface area contributed by atoms with Gasteiger partial charge < -0.3 is 14.4 Å². The van der Waals surface area contributed by atoms with Crippen LogP contribution in [0.15, 0.2) is 48.8 Å². The van der Waals surface area contributed by atoms with Crippen LogP contribution < -0.4 is 9.47 Å². The van der Waals surface area contributed by atoms with Crippen molar-refractivity contribution in [2.75, 3.05) is 13.3 Å². The molecule has 0 bridgehead atoms. The van der Waals surface area contributed by atoms with Crippen molar-refractivity contribution in [1.29, 1.82) is 0 Å². The van der Waals surface area contributed by atoms with E-state index in [0.717, 1.165) is 24.1 Å². The van der Waals surface area contributed by atoms with Crippen LogP contribution in [0.4, 0.5) is 17.6 Å². The number of pyridine rings is 2. The smallest absolute Gasteiger partial charge is 0.417 e. The third kappa shape index (κ3) is 3.41. The lowest BCUT2D eigenvalue weighted by Crippen LogP contribution is -2.60. The summed E-state index contributed by atoms with van der Waals surface area (Å²) in [7, 11) is 0. The van der Waals surface area contributed by atoms with Gasteiger partial charge in [0.05, 0.1) is 11.6 Å². The quantitative estimate of drug-likeness (QED) is 0.442. The maximum absolute atomic E-state index is 14.1. The predicted molar refractivity (Wildman–Crippen MR) is 121 cm³/mol. The molecule has 1 aromatic carbocycles. The number of nitrogens with zero attached hydrogens (tertiary/aromatic N) is 3. The van der Waals surface area contributed by atoms with Crippen LogP contribution in [0, 0.1) is 11.3 Å². The largest absolute Gasteiger partial charge is 0.474 e. The van der Waals surface area contributed by atoms with Gasteiger partial charge in [0.1, 0.15) is 24.9 Å². The van der Waals surface area contributed by atoms with Crippen LogP contribution in [0.3, 0.4) is 0 Å². The Bertz CT molecular complexity index is 1330. The molecular formula is C26H23F4N3O3. The van der Waals surface area contributed by atoms with E-state index in [4.69, 9.17) is 9.47 Å². The van der Waals surface area contributed by atoms with Crippen molar-refractivity contribution in [1.82, 2.24) is 14.9 Å². The van der Waals surface area contributed by atoms with Crippen molar-refractivity contribution in [3.63, 3.8) is 0 Å². The fourth-order valence-corrected chi connectivity index (χ4v) is 6.21. The topological polar surface area (TPSA) is 64.5 Å².